The van der Waals surface area contributed by atoms with Gasteiger partial charge >= 0.3 is 5.97 Å². The molecule has 0 saturated carbocycles. The van der Waals surface area contributed by atoms with Crippen LogP contribution in [0.1, 0.15) is 20.3 Å². The van der Waals surface area contributed by atoms with E-state index in [4.69, 9.17) is 4.74 Å². The summed E-state index contributed by atoms with van der Waals surface area (Å²) in [5.74, 6) is -0.148. The van der Waals surface area contributed by atoms with Gasteiger partial charge in [0, 0.05) is 19.3 Å². The van der Waals surface area contributed by atoms with Crippen LogP contribution in [0.2, 0.25) is 0 Å². The zero-order valence-electron chi connectivity index (χ0n) is 8.09. The number of esters is 1. The van der Waals surface area contributed by atoms with Gasteiger partial charge < -0.3 is 9.64 Å². The van der Waals surface area contributed by atoms with Gasteiger partial charge in [0.1, 0.15) is 0 Å². The molecule has 12 heavy (non-hydrogen) atoms. The quantitative estimate of drug-likeness (QED) is 0.586. The molecule has 3 nitrogen and oxygen atoms in total. The van der Waals surface area contributed by atoms with Gasteiger partial charge in [-0.3, -0.25) is 4.79 Å². The lowest BCUT2D eigenvalue weighted by atomic mass is 10.4. The molecule has 0 unspecified atom stereocenters. The predicted octanol–water partition coefficient (Wildman–Crippen LogP) is 1.41. The molecule has 0 fully saturated rings. The highest BCUT2D eigenvalue weighted by Gasteiger charge is 2.03. The molecule has 0 bridgehead atoms. The molecule has 0 N–H and O–H groups in total. The molecule has 0 aromatic rings. The van der Waals surface area contributed by atoms with Crippen molar-refractivity contribution in [3.63, 3.8) is 0 Å². The van der Waals surface area contributed by atoms with E-state index >= 15 is 0 Å². The van der Waals surface area contributed by atoms with Crippen molar-refractivity contribution in [2.24, 2.45) is 0 Å². The van der Waals surface area contributed by atoms with Crippen molar-refractivity contribution in [3.8, 4) is 0 Å². The molecule has 0 radical (unpaired) electrons. The maximum Gasteiger partial charge on any atom is 0.307 e. The van der Waals surface area contributed by atoms with E-state index in [0.717, 1.165) is 5.70 Å². The van der Waals surface area contributed by atoms with Gasteiger partial charge in [-0.2, -0.15) is 0 Å². The van der Waals surface area contributed by atoms with Crippen molar-refractivity contribution in [3.05, 3.63) is 12.3 Å². The summed E-state index contributed by atoms with van der Waals surface area (Å²) >= 11 is 0. The third-order valence-electron chi connectivity index (χ3n) is 1.61. The van der Waals surface area contributed by atoms with Crippen LogP contribution in [0.5, 0.6) is 0 Å². The highest BCUT2D eigenvalue weighted by atomic mass is 16.5. The van der Waals surface area contributed by atoms with Crippen LogP contribution in [0.25, 0.3) is 0 Å². The first-order valence-electron chi connectivity index (χ1n) is 4.10. The molecule has 0 saturated heterocycles. The fourth-order valence-electron chi connectivity index (χ4n) is 0.683. The molecular formula is C9H17NO2. The van der Waals surface area contributed by atoms with Gasteiger partial charge in [-0.15, -0.1) is 0 Å². The Hall–Kier alpha value is -0.990. The lowest BCUT2D eigenvalue weighted by Gasteiger charge is -2.17. The number of hydrogen-bond donors (Lipinski definition) is 0. The molecule has 0 aromatic heterocycles. The molecule has 0 amide bonds. The zero-order valence-corrected chi connectivity index (χ0v) is 8.09. The number of carbonyl (C=O) groups is 1. The molecule has 0 atom stereocenters. The van der Waals surface area contributed by atoms with E-state index in [-0.39, 0.29) is 5.97 Å². The summed E-state index contributed by atoms with van der Waals surface area (Å²) in [5.41, 5.74) is 0.958. The monoisotopic (exact) mass is 171 g/mol. The normalized spacial score (nSPS) is 9.25. The van der Waals surface area contributed by atoms with Crippen LogP contribution in [0.3, 0.4) is 0 Å². The number of ether oxygens (including phenoxy) is 1. The Morgan fingerprint density at radius 2 is 2.17 bits per heavy atom. The Bertz CT molecular complexity index is 166. The van der Waals surface area contributed by atoms with E-state index in [0.29, 0.717) is 19.6 Å². The highest BCUT2D eigenvalue weighted by molar-refractivity contribution is 5.69. The van der Waals surface area contributed by atoms with Gasteiger partial charge in [0.15, 0.2) is 0 Å². The predicted molar refractivity (Wildman–Crippen MR) is 48.7 cm³/mol. The van der Waals surface area contributed by atoms with Gasteiger partial charge in [0.2, 0.25) is 0 Å². The third-order valence-corrected chi connectivity index (χ3v) is 1.61. The maximum atomic E-state index is 10.9. The van der Waals surface area contributed by atoms with Crippen LogP contribution in [0.15, 0.2) is 12.3 Å². The van der Waals surface area contributed by atoms with Crippen LogP contribution in [-0.4, -0.2) is 31.1 Å². The van der Waals surface area contributed by atoms with Crippen molar-refractivity contribution in [1.29, 1.82) is 0 Å². The summed E-state index contributed by atoms with van der Waals surface area (Å²) in [6.07, 6.45) is 0.428. The van der Waals surface area contributed by atoms with Crippen molar-refractivity contribution in [2.75, 3.05) is 20.2 Å². The van der Waals surface area contributed by atoms with Gasteiger partial charge in [0.05, 0.1) is 13.0 Å². The average Bonchev–Trinajstić information content (AvgIpc) is 2.00. The largest absolute Gasteiger partial charge is 0.466 e. The first-order valence-corrected chi connectivity index (χ1v) is 4.10. The van der Waals surface area contributed by atoms with E-state index in [2.05, 4.69) is 6.58 Å². The number of hydrogen-bond acceptors (Lipinski definition) is 3. The molecule has 0 rings (SSSR count). The molecule has 0 aromatic carbocycles. The van der Waals surface area contributed by atoms with Gasteiger partial charge in [-0.25, -0.2) is 0 Å². The van der Waals surface area contributed by atoms with Crippen molar-refractivity contribution < 1.29 is 9.53 Å². The van der Waals surface area contributed by atoms with E-state index < -0.39 is 0 Å². The fraction of sp³-hybridized carbons (Fsp3) is 0.667. The lowest BCUT2D eigenvalue weighted by Crippen LogP contribution is -2.20. The second kappa shape index (κ2) is 5.63. The van der Waals surface area contributed by atoms with E-state index in [1.54, 1.807) is 6.92 Å². The number of allylic oxidation sites excluding steroid dienone is 1. The Morgan fingerprint density at radius 1 is 1.58 bits per heavy atom. The van der Waals surface area contributed by atoms with Crippen molar-refractivity contribution in [1.82, 2.24) is 4.90 Å². The second-order valence-corrected chi connectivity index (χ2v) is 2.71. The summed E-state index contributed by atoms with van der Waals surface area (Å²) in [4.78, 5) is 12.8. The molecule has 0 spiro atoms. The van der Waals surface area contributed by atoms with Crippen LogP contribution in [0.4, 0.5) is 0 Å². The van der Waals surface area contributed by atoms with Gasteiger partial charge in [0.25, 0.3) is 0 Å². The SMILES string of the molecule is C=C(C)N(C)CCC(=O)OCC. The van der Waals surface area contributed by atoms with Crippen LogP contribution in [0, 0.1) is 0 Å². The first-order chi connectivity index (χ1) is 5.57. The minimum absolute atomic E-state index is 0.148. The van der Waals surface area contributed by atoms with Gasteiger partial charge in [-0.05, 0) is 13.8 Å². The van der Waals surface area contributed by atoms with Crippen molar-refractivity contribution in [2.45, 2.75) is 20.3 Å². The van der Waals surface area contributed by atoms with Crippen molar-refractivity contribution >= 4 is 5.97 Å². The Kier molecular flexibility index (Phi) is 5.17. The summed E-state index contributed by atoms with van der Waals surface area (Å²) < 4.78 is 4.78. The molecule has 3 heteroatoms. The molecule has 70 valence electrons. The standard InChI is InChI=1S/C9H17NO2/c1-5-12-9(11)6-7-10(4)8(2)3/h2,5-7H2,1,3-4H3. The minimum atomic E-state index is -0.148. The smallest absolute Gasteiger partial charge is 0.307 e. The Balaban J connectivity index is 3.54. The summed E-state index contributed by atoms with van der Waals surface area (Å²) in [7, 11) is 1.90. The van der Waals surface area contributed by atoms with Crippen LogP contribution in [-0.2, 0) is 9.53 Å². The summed E-state index contributed by atoms with van der Waals surface area (Å²) in [6.45, 7) is 8.60. The number of carbonyl (C=O) groups excluding carboxylic acids is 1. The Morgan fingerprint density at radius 3 is 2.58 bits per heavy atom. The van der Waals surface area contributed by atoms with E-state index in [1.165, 1.54) is 0 Å². The van der Waals surface area contributed by atoms with Crippen LogP contribution >= 0.6 is 0 Å². The zero-order chi connectivity index (χ0) is 9.56. The maximum absolute atomic E-state index is 10.9. The van der Waals surface area contributed by atoms with E-state index in [1.807, 2.05) is 18.9 Å². The Labute approximate surface area is 74.0 Å². The number of nitrogens with zero attached hydrogens (tertiary/aromatic N) is 1. The molecule has 0 heterocycles. The molecule has 0 aliphatic rings. The van der Waals surface area contributed by atoms with Crippen LogP contribution < -0.4 is 0 Å². The highest BCUT2D eigenvalue weighted by Crippen LogP contribution is 1.97. The summed E-state index contributed by atoms with van der Waals surface area (Å²) in [6, 6.07) is 0. The number of rotatable bonds is 5. The topological polar surface area (TPSA) is 29.5 Å². The minimum Gasteiger partial charge on any atom is -0.466 e. The molecular weight excluding hydrogens is 154 g/mol. The second-order valence-electron chi connectivity index (χ2n) is 2.71. The average molecular weight is 171 g/mol. The van der Waals surface area contributed by atoms with Gasteiger partial charge in [-0.1, -0.05) is 6.58 Å². The molecule has 0 aliphatic carbocycles. The lowest BCUT2D eigenvalue weighted by molar-refractivity contribution is -0.143. The first kappa shape index (κ1) is 11.0. The molecule has 0 aliphatic heterocycles. The fourth-order valence-corrected chi connectivity index (χ4v) is 0.683. The van der Waals surface area contributed by atoms with E-state index in [9.17, 15) is 4.79 Å². The third kappa shape index (κ3) is 4.77. The summed E-state index contributed by atoms with van der Waals surface area (Å²) in [5, 5.41) is 0.